The van der Waals surface area contributed by atoms with Crippen molar-refractivity contribution in [3.05, 3.63) is 0 Å². The standard InChI is InChI=1S/C78H121F8N11O14/c1-13-46(6)65-73(107)91(8)43-63(100)93(10)58-35-45(5)26-29-97(72(58)106)60(38-47-20-23-50(24-21-47)77(81,82)83)70(104)90(7)42-61(98)87-56(25-22-48-36-54(79)64(55(80)37-48)78(84,85)86)67(101)52-39-51(111-14-2)40-53(52)68(102)89-76(27-17-28-76)75(109)95(12)66(49-18-15-16-19-49)74(108)94(11)59(71(105)96-30-32-110-33-31-96)41-62(99)92(9)57(34-44(3)4)69(103)88-65/h44-60,64-66H,13-43H2,1-12H3,(H,87,98)(H,88,103)(H,89,102)/t45-,46-,47?,48?,50?,51-,52?,53+,54?,55?,56-,57-,58-,59-,60-,64?,65-,66-/m0/s1. The summed E-state index contributed by atoms with van der Waals surface area (Å²) in [4.78, 5) is 193. The number of carbonyl (C=O) groups is 12. The first-order valence-corrected chi connectivity index (χ1v) is 40.3. The number of ether oxygens (including phenoxy) is 2. The molecule has 14 atom stereocenters. The van der Waals surface area contributed by atoms with Crippen LogP contribution >= 0.6 is 0 Å². The van der Waals surface area contributed by atoms with Crippen molar-refractivity contribution in [2.24, 2.45) is 59.2 Å². The zero-order chi connectivity index (χ0) is 82.0. The maximum Gasteiger partial charge on any atom is 0.397 e. The predicted molar refractivity (Wildman–Crippen MR) is 391 cm³/mol. The van der Waals surface area contributed by atoms with Crippen LogP contribution in [-0.4, -0.2) is 283 Å². The highest BCUT2D eigenvalue weighted by molar-refractivity contribution is 6.01. The van der Waals surface area contributed by atoms with Gasteiger partial charge < -0.3 is 64.6 Å². The van der Waals surface area contributed by atoms with Crippen molar-refractivity contribution in [3.8, 4) is 0 Å². The van der Waals surface area contributed by atoms with Gasteiger partial charge in [0, 0.05) is 74.4 Å². The zero-order valence-corrected chi connectivity index (χ0v) is 66.8. The smallest absolute Gasteiger partial charge is 0.378 e. The number of alkyl halides is 8. The molecule has 8 fully saturated rings. The number of carbonyl (C=O) groups excluding carboxylic acids is 12. The Labute approximate surface area is 647 Å². The van der Waals surface area contributed by atoms with Gasteiger partial charge in [-0.2, -0.15) is 26.3 Å². The Morgan fingerprint density at radius 2 is 1.23 bits per heavy atom. The van der Waals surface area contributed by atoms with E-state index < -0.39 is 236 Å². The highest BCUT2D eigenvalue weighted by Gasteiger charge is 2.57. The largest absolute Gasteiger partial charge is 0.397 e. The Morgan fingerprint density at radius 1 is 0.622 bits per heavy atom. The van der Waals surface area contributed by atoms with Gasteiger partial charge in [0.1, 0.15) is 60.1 Å². The van der Waals surface area contributed by atoms with Gasteiger partial charge in [0.05, 0.1) is 56.7 Å². The average molecular weight is 1590 g/mol. The van der Waals surface area contributed by atoms with E-state index in [0.717, 1.165) is 14.7 Å². The number of nitrogens with one attached hydrogen (secondary N) is 3. The molecule has 3 heterocycles. The van der Waals surface area contributed by atoms with Crippen molar-refractivity contribution in [1.29, 1.82) is 0 Å². The molecule has 25 nitrogen and oxygen atoms in total. The van der Waals surface area contributed by atoms with Crippen molar-refractivity contribution >= 4 is 70.8 Å². The van der Waals surface area contributed by atoms with Gasteiger partial charge in [-0.3, -0.25) is 57.5 Å². The first kappa shape index (κ1) is 89.7. The minimum Gasteiger partial charge on any atom is -0.378 e. The molecule has 5 aliphatic carbocycles. The van der Waals surface area contributed by atoms with Gasteiger partial charge >= 0.3 is 12.4 Å². The van der Waals surface area contributed by atoms with Crippen LogP contribution in [-0.2, 0) is 67.0 Å². The van der Waals surface area contributed by atoms with E-state index in [9.17, 15) is 40.7 Å². The van der Waals surface area contributed by atoms with Crippen LogP contribution in [0.15, 0.2) is 0 Å². The summed E-state index contributed by atoms with van der Waals surface area (Å²) >= 11 is 0. The number of rotatable bonds is 13. The van der Waals surface area contributed by atoms with Crippen molar-refractivity contribution < 1.29 is 102 Å². The Balaban J connectivity index is 1.21. The number of halogens is 8. The number of likely N-dealkylation sites (N-methyl/N-ethyl adjacent to an activating group) is 6. The fourth-order valence-corrected chi connectivity index (χ4v) is 18.4. The number of ketones is 1. The summed E-state index contributed by atoms with van der Waals surface area (Å²) in [5.41, 5.74) is -1.67. The third-order valence-electron chi connectivity index (χ3n) is 25.6. The lowest BCUT2D eigenvalue weighted by Crippen LogP contribution is -2.67. The van der Waals surface area contributed by atoms with E-state index in [4.69, 9.17) is 9.47 Å². The zero-order valence-electron chi connectivity index (χ0n) is 66.8. The summed E-state index contributed by atoms with van der Waals surface area (Å²) in [5.74, 6) is -19.4. The number of nitrogens with zero attached hydrogens (tertiary/aromatic N) is 8. The molecule has 0 aromatic carbocycles. The van der Waals surface area contributed by atoms with Crippen LogP contribution < -0.4 is 16.0 Å². The van der Waals surface area contributed by atoms with Crippen molar-refractivity contribution in [3.63, 3.8) is 0 Å². The molecule has 8 aliphatic rings. The topological polar surface area (TPSA) is 285 Å². The average Bonchev–Trinajstić information content (AvgIpc) is 1.75. The fraction of sp³-hybridized carbons (Fsp3) is 0.846. The van der Waals surface area contributed by atoms with Crippen molar-refractivity contribution in [1.82, 2.24) is 55.1 Å². The third kappa shape index (κ3) is 21.8. The van der Waals surface area contributed by atoms with E-state index >= 15 is 51.9 Å². The number of amides is 11. The molecule has 11 amide bonds. The maximum absolute atomic E-state index is 15.8. The molecular formula is C78H121F8N11O14. The van der Waals surface area contributed by atoms with Crippen LogP contribution in [0.25, 0.3) is 0 Å². The van der Waals surface area contributed by atoms with Gasteiger partial charge in [-0.05, 0) is 164 Å². The SMILES string of the molecule is CCO[C@H]1CC2C(=O)[C@H](CCC3CC(F)C(C(F)(F)F)C(F)C3)NC(=O)CN(C)C(=O)[C@H](CC3CCC(C(F)(F)F)CC3)N3CC[C@H](C)C[C@@H](C3=O)N(C)C(=O)CN(C)C(=O)[C@H]([C@@H](C)CC)NC(=O)[C@H](CC(C)C)N(C)C(=O)C[C@@H](C(=O)N3CCOCC3)N(C)C(=O)[C@H](C3CCCC3)N(C)C(=O)C3(CCC3)NC(=O)[C@@H]2C1. The lowest BCUT2D eigenvalue weighted by molar-refractivity contribution is -0.219. The molecular weight excluding hydrogens is 1470 g/mol. The van der Waals surface area contributed by atoms with E-state index in [-0.39, 0.29) is 135 Å². The summed E-state index contributed by atoms with van der Waals surface area (Å²) in [6.07, 6.45) is -16.0. The Bertz CT molecular complexity index is 3280. The molecule has 628 valence electrons. The highest BCUT2D eigenvalue weighted by atomic mass is 19.4. The van der Waals surface area contributed by atoms with Crippen LogP contribution in [0.1, 0.15) is 189 Å². The summed E-state index contributed by atoms with van der Waals surface area (Å²) in [7, 11) is 8.14. The number of morpholine rings is 1. The third-order valence-corrected chi connectivity index (χ3v) is 25.6. The molecule has 2 bridgehead atoms. The molecule has 3 N–H and O–H groups in total. The normalized spacial score (nSPS) is 33.4. The number of Topliss-reactive ketones (excluding diaryl/α,β-unsaturated/α-hetero) is 1. The van der Waals surface area contributed by atoms with Crippen molar-refractivity contribution in [2.45, 2.75) is 268 Å². The Kier molecular flexibility index (Phi) is 31.2. The number of hydrogen-bond donors (Lipinski definition) is 3. The fourth-order valence-electron chi connectivity index (χ4n) is 18.4. The summed E-state index contributed by atoms with van der Waals surface area (Å²) in [6.45, 7) is 9.72. The number of hydrogen-bond acceptors (Lipinski definition) is 14. The second kappa shape index (κ2) is 38.6. The van der Waals surface area contributed by atoms with Crippen LogP contribution in [0.4, 0.5) is 35.1 Å². The summed E-state index contributed by atoms with van der Waals surface area (Å²) < 4.78 is 127. The van der Waals surface area contributed by atoms with Crippen LogP contribution in [0.5, 0.6) is 0 Å². The molecule has 3 unspecified atom stereocenters. The van der Waals surface area contributed by atoms with E-state index in [1.54, 1.807) is 20.8 Å². The minimum atomic E-state index is -5.21. The summed E-state index contributed by atoms with van der Waals surface area (Å²) in [5, 5.41) is 8.55. The van der Waals surface area contributed by atoms with Gasteiger partial charge in [0.2, 0.25) is 65.0 Å². The molecule has 3 aliphatic heterocycles. The molecule has 33 heteroatoms. The molecule has 5 saturated carbocycles. The lowest BCUT2D eigenvalue weighted by Gasteiger charge is -2.46. The Hall–Kier alpha value is -6.80. The van der Waals surface area contributed by atoms with E-state index in [2.05, 4.69) is 16.0 Å². The van der Waals surface area contributed by atoms with Crippen LogP contribution in [0.2, 0.25) is 0 Å². The van der Waals surface area contributed by atoms with E-state index in [1.165, 1.54) is 66.8 Å². The first-order chi connectivity index (χ1) is 52.1. The lowest BCUT2D eigenvalue weighted by atomic mass is 9.74. The van der Waals surface area contributed by atoms with Crippen molar-refractivity contribution in [2.75, 3.05) is 94.8 Å². The molecule has 3 saturated heterocycles. The van der Waals surface area contributed by atoms with Gasteiger partial charge in [-0.1, -0.05) is 53.9 Å². The predicted octanol–water partition coefficient (Wildman–Crippen LogP) is 7.20. The molecule has 0 radical (unpaired) electrons. The second-order valence-corrected chi connectivity index (χ2v) is 33.8. The van der Waals surface area contributed by atoms with Crippen LogP contribution in [0.3, 0.4) is 0 Å². The quantitative estimate of drug-likeness (QED) is 0.154. The van der Waals surface area contributed by atoms with Crippen LogP contribution in [0, 0.1) is 59.2 Å². The highest BCUT2D eigenvalue weighted by Crippen LogP contribution is 2.47. The molecule has 111 heavy (non-hydrogen) atoms. The van der Waals surface area contributed by atoms with Gasteiger partial charge in [-0.25, -0.2) is 8.78 Å². The monoisotopic (exact) mass is 1590 g/mol. The van der Waals surface area contributed by atoms with Gasteiger partial charge in [-0.15, -0.1) is 0 Å². The van der Waals surface area contributed by atoms with E-state index in [1.807, 2.05) is 20.8 Å². The summed E-state index contributed by atoms with van der Waals surface area (Å²) in [6, 6.07) is -9.75. The second-order valence-electron chi connectivity index (χ2n) is 33.8. The first-order valence-electron chi connectivity index (χ1n) is 40.3. The van der Waals surface area contributed by atoms with E-state index in [0.29, 0.717) is 38.5 Å². The number of fused-ring (bicyclic) bond motifs is 3. The van der Waals surface area contributed by atoms with Gasteiger partial charge in [0.25, 0.3) is 0 Å². The molecule has 0 aromatic rings. The molecule has 1 spiro atoms. The Morgan fingerprint density at radius 3 is 1.80 bits per heavy atom. The maximum atomic E-state index is 15.8. The minimum absolute atomic E-state index is 0.00866. The molecule has 8 rings (SSSR count). The molecule has 0 aromatic heterocycles. The van der Waals surface area contributed by atoms with Gasteiger partial charge in [0.15, 0.2) is 5.78 Å².